The van der Waals surface area contributed by atoms with E-state index in [9.17, 15) is 4.79 Å². The van der Waals surface area contributed by atoms with E-state index in [4.69, 9.17) is 4.43 Å². The van der Waals surface area contributed by atoms with Crippen molar-refractivity contribution in [3.05, 3.63) is 42.0 Å². The third kappa shape index (κ3) is 3.57. The SMILES string of the molecule is C=CC(=O)O[SiH2]c1cccc(C(C)C)c1C(C)C. The molecule has 0 aliphatic heterocycles. The molecule has 3 heteroatoms. The van der Waals surface area contributed by atoms with Crippen LogP contribution in [0.2, 0.25) is 0 Å². The van der Waals surface area contributed by atoms with Crippen LogP contribution in [0.1, 0.15) is 50.7 Å². The normalized spacial score (nSPS) is 11.4. The van der Waals surface area contributed by atoms with Crippen LogP contribution in [0.25, 0.3) is 0 Å². The number of carbonyl (C=O) groups excluding carboxylic acids is 1. The molecule has 0 radical (unpaired) electrons. The molecule has 0 amide bonds. The summed E-state index contributed by atoms with van der Waals surface area (Å²) >= 11 is 0. The van der Waals surface area contributed by atoms with Crippen molar-refractivity contribution >= 4 is 20.9 Å². The summed E-state index contributed by atoms with van der Waals surface area (Å²) in [4.78, 5) is 11.2. The molecule has 0 spiro atoms. The molecule has 0 aliphatic rings. The predicted molar refractivity (Wildman–Crippen MR) is 79.1 cm³/mol. The first-order valence-corrected chi connectivity index (χ1v) is 7.66. The second-order valence-electron chi connectivity index (χ2n) is 5.04. The molecule has 0 bridgehead atoms. The minimum Gasteiger partial charge on any atom is -0.517 e. The third-order valence-electron chi connectivity index (χ3n) is 2.97. The van der Waals surface area contributed by atoms with Crippen molar-refractivity contribution in [3.63, 3.8) is 0 Å². The predicted octanol–water partition coefficient (Wildman–Crippen LogP) is 2.37. The first-order valence-electron chi connectivity index (χ1n) is 6.38. The van der Waals surface area contributed by atoms with Crippen molar-refractivity contribution in [2.75, 3.05) is 0 Å². The maximum atomic E-state index is 11.2. The average Bonchev–Trinajstić information content (AvgIpc) is 2.34. The van der Waals surface area contributed by atoms with Crippen molar-refractivity contribution in [2.24, 2.45) is 0 Å². The molecule has 2 nitrogen and oxygen atoms in total. The minimum atomic E-state index is -1.02. The monoisotopic (exact) mass is 262 g/mol. The summed E-state index contributed by atoms with van der Waals surface area (Å²) in [6, 6.07) is 6.32. The van der Waals surface area contributed by atoms with Gasteiger partial charge in [-0.05, 0) is 28.1 Å². The van der Waals surface area contributed by atoms with Crippen LogP contribution >= 0.6 is 0 Å². The van der Waals surface area contributed by atoms with Crippen LogP contribution in [-0.4, -0.2) is 15.7 Å². The fraction of sp³-hybridized carbons (Fsp3) is 0.400. The Morgan fingerprint density at radius 2 is 1.94 bits per heavy atom. The molecule has 0 aliphatic carbocycles. The molecule has 0 unspecified atom stereocenters. The van der Waals surface area contributed by atoms with Gasteiger partial charge in [-0.2, -0.15) is 0 Å². The van der Waals surface area contributed by atoms with Crippen LogP contribution in [-0.2, 0) is 9.22 Å². The minimum absolute atomic E-state index is 0.314. The van der Waals surface area contributed by atoms with Gasteiger partial charge in [0, 0.05) is 6.08 Å². The van der Waals surface area contributed by atoms with Crippen LogP contribution in [0, 0.1) is 0 Å². The molecule has 1 aromatic carbocycles. The van der Waals surface area contributed by atoms with Gasteiger partial charge in [0.05, 0.1) is 0 Å². The zero-order chi connectivity index (χ0) is 13.7. The lowest BCUT2D eigenvalue weighted by molar-refractivity contribution is -0.128. The largest absolute Gasteiger partial charge is 0.517 e. The van der Waals surface area contributed by atoms with E-state index in [2.05, 4.69) is 52.5 Å². The third-order valence-corrected chi connectivity index (χ3v) is 4.32. The standard InChI is InChI=1S/C15H22O2Si/c1-6-14(16)17-18-13-9-7-8-12(10(2)3)15(13)11(4)5/h6-11H,1,18H2,2-5H3. The van der Waals surface area contributed by atoms with E-state index in [-0.39, 0.29) is 5.97 Å². The first kappa shape index (κ1) is 14.7. The molecule has 0 atom stereocenters. The molecule has 0 saturated carbocycles. The fourth-order valence-corrected chi connectivity index (χ4v) is 3.59. The lowest BCUT2D eigenvalue weighted by Gasteiger charge is -2.19. The van der Waals surface area contributed by atoms with Crippen molar-refractivity contribution in [2.45, 2.75) is 39.5 Å². The van der Waals surface area contributed by atoms with Gasteiger partial charge in [-0.1, -0.05) is 52.5 Å². The lowest BCUT2D eigenvalue weighted by Crippen LogP contribution is -2.26. The zero-order valence-electron chi connectivity index (χ0n) is 11.7. The van der Waals surface area contributed by atoms with Crippen molar-refractivity contribution in [3.8, 4) is 0 Å². The maximum absolute atomic E-state index is 11.2. The Bertz CT molecular complexity index is 436. The summed E-state index contributed by atoms with van der Waals surface area (Å²) in [5.74, 6) is 0.631. The summed E-state index contributed by atoms with van der Waals surface area (Å²) in [6.45, 7) is 12.2. The fourth-order valence-electron chi connectivity index (χ4n) is 2.17. The van der Waals surface area contributed by atoms with Gasteiger partial charge in [0.15, 0.2) is 0 Å². The van der Waals surface area contributed by atoms with Crippen molar-refractivity contribution in [1.82, 2.24) is 0 Å². The Morgan fingerprint density at radius 1 is 1.28 bits per heavy atom. The quantitative estimate of drug-likeness (QED) is 0.601. The van der Waals surface area contributed by atoms with Gasteiger partial charge in [-0.25, -0.2) is 4.79 Å². The maximum Gasteiger partial charge on any atom is 0.316 e. The molecule has 98 valence electrons. The Labute approximate surface area is 112 Å². The van der Waals surface area contributed by atoms with Gasteiger partial charge < -0.3 is 4.43 Å². The molecular weight excluding hydrogens is 240 g/mol. The highest BCUT2D eigenvalue weighted by Gasteiger charge is 2.15. The van der Waals surface area contributed by atoms with Crippen molar-refractivity contribution < 1.29 is 9.22 Å². The van der Waals surface area contributed by atoms with E-state index in [1.54, 1.807) is 0 Å². The number of hydrogen-bond acceptors (Lipinski definition) is 2. The highest BCUT2D eigenvalue weighted by atomic mass is 28.2. The smallest absolute Gasteiger partial charge is 0.316 e. The second-order valence-corrected chi connectivity index (χ2v) is 6.38. The Hall–Kier alpha value is -1.35. The van der Waals surface area contributed by atoms with E-state index in [0.717, 1.165) is 0 Å². The van der Waals surface area contributed by atoms with Gasteiger partial charge >= 0.3 is 5.97 Å². The van der Waals surface area contributed by atoms with Gasteiger partial charge in [-0.15, -0.1) is 0 Å². The zero-order valence-corrected chi connectivity index (χ0v) is 13.1. The van der Waals surface area contributed by atoms with E-state index >= 15 is 0 Å². The second kappa shape index (κ2) is 6.54. The molecule has 0 heterocycles. The Morgan fingerprint density at radius 3 is 2.44 bits per heavy atom. The Kier molecular flexibility index (Phi) is 5.35. The van der Waals surface area contributed by atoms with E-state index < -0.39 is 9.76 Å². The molecule has 0 N–H and O–H groups in total. The van der Waals surface area contributed by atoms with Gasteiger partial charge in [0.1, 0.15) is 0 Å². The molecule has 1 aromatic rings. The lowest BCUT2D eigenvalue weighted by atomic mass is 9.91. The van der Waals surface area contributed by atoms with Crippen molar-refractivity contribution in [1.29, 1.82) is 0 Å². The summed E-state index contributed by atoms with van der Waals surface area (Å²) in [7, 11) is -1.02. The molecule has 0 aromatic heterocycles. The highest BCUT2D eigenvalue weighted by Crippen LogP contribution is 2.24. The molecule has 0 fully saturated rings. The summed E-state index contributed by atoms with van der Waals surface area (Å²) in [5, 5.41) is 1.23. The molecular formula is C15H22O2Si. The van der Waals surface area contributed by atoms with Gasteiger partial charge in [0.25, 0.3) is 9.76 Å². The number of benzene rings is 1. The number of rotatable bonds is 5. The van der Waals surface area contributed by atoms with Crippen LogP contribution in [0.15, 0.2) is 30.9 Å². The number of carbonyl (C=O) groups is 1. The van der Waals surface area contributed by atoms with Gasteiger partial charge in [0.2, 0.25) is 0 Å². The van der Waals surface area contributed by atoms with E-state index in [0.29, 0.717) is 11.8 Å². The Balaban J connectivity index is 3.06. The summed E-state index contributed by atoms with van der Waals surface area (Å²) in [6.07, 6.45) is 1.23. The first-order chi connectivity index (χ1) is 8.47. The topological polar surface area (TPSA) is 26.3 Å². The molecule has 18 heavy (non-hydrogen) atoms. The highest BCUT2D eigenvalue weighted by molar-refractivity contribution is 6.50. The molecule has 1 rings (SSSR count). The summed E-state index contributed by atoms with van der Waals surface area (Å²) < 4.78 is 5.28. The van der Waals surface area contributed by atoms with E-state index in [1.807, 2.05) is 0 Å². The summed E-state index contributed by atoms with van der Waals surface area (Å²) in [5.41, 5.74) is 2.72. The van der Waals surface area contributed by atoms with E-state index in [1.165, 1.54) is 22.4 Å². The molecule has 0 saturated heterocycles. The van der Waals surface area contributed by atoms with Crippen LogP contribution in [0.4, 0.5) is 0 Å². The van der Waals surface area contributed by atoms with Crippen LogP contribution < -0.4 is 5.19 Å². The van der Waals surface area contributed by atoms with Crippen LogP contribution in [0.5, 0.6) is 0 Å². The number of hydrogen-bond donors (Lipinski definition) is 0. The average molecular weight is 262 g/mol. The van der Waals surface area contributed by atoms with Crippen LogP contribution in [0.3, 0.4) is 0 Å². The van der Waals surface area contributed by atoms with Gasteiger partial charge in [-0.3, -0.25) is 0 Å².